The number of rotatable bonds is 3. The summed E-state index contributed by atoms with van der Waals surface area (Å²) in [6, 6.07) is 10.6. The van der Waals surface area contributed by atoms with Gasteiger partial charge in [-0.3, -0.25) is 4.79 Å². The molecule has 0 aliphatic rings. The molecule has 1 atom stereocenters. The molecular formula is C13H8Cl2O3P+. The van der Waals surface area contributed by atoms with Crippen molar-refractivity contribution in [3.63, 3.8) is 0 Å². The normalized spacial score (nSPS) is 11.2. The van der Waals surface area contributed by atoms with Crippen molar-refractivity contribution in [2.45, 2.75) is 0 Å². The molecule has 0 amide bonds. The molecule has 96 valence electrons. The van der Waals surface area contributed by atoms with Crippen molar-refractivity contribution < 1.29 is 14.3 Å². The predicted octanol–water partition coefficient (Wildman–Crippen LogP) is 3.58. The summed E-state index contributed by atoms with van der Waals surface area (Å²) in [6.45, 7) is 0. The zero-order chi connectivity index (χ0) is 14.0. The highest BCUT2D eigenvalue weighted by molar-refractivity contribution is 7.47. The van der Waals surface area contributed by atoms with Crippen molar-refractivity contribution in [2.75, 3.05) is 0 Å². The predicted molar refractivity (Wildman–Crippen MR) is 75.8 cm³/mol. The first-order valence-electron chi connectivity index (χ1n) is 5.25. The Balaban J connectivity index is 2.42. The third kappa shape index (κ3) is 3.02. The minimum Gasteiger partial charge on any atom is -0.288 e. The molecule has 3 nitrogen and oxygen atoms in total. The second kappa shape index (κ2) is 5.81. The molecule has 2 aromatic rings. The molecule has 0 aromatic heterocycles. The highest BCUT2D eigenvalue weighted by Crippen LogP contribution is 2.27. The van der Waals surface area contributed by atoms with Gasteiger partial charge in [-0.2, -0.15) is 4.89 Å². The van der Waals surface area contributed by atoms with E-state index in [1.165, 1.54) is 24.3 Å². The van der Waals surface area contributed by atoms with Crippen LogP contribution in [0.4, 0.5) is 0 Å². The molecule has 19 heavy (non-hydrogen) atoms. The van der Waals surface area contributed by atoms with Gasteiger partial charge in [-0.25, -0.2) is 0 Å². The van der Waals surface area contributed by atoms with Crippen LogP contribution < -0.4 is 5.30 Å². The Bertz CT molecular complexity index is 633. The Morgan fingerprint density at radius 3 is 2.00 bits per heavy atom. The number of carbonyl (C=O) groups is 1. The monoisotopic (exact) mass is 313 g/mol. The topological polar surface area (TPSA) is 54.4 Å². The average molecular weight is 314 g/mol. The molecule has 1 N–H and O–H groups in total. The Kier molecular flexibility index (Phi) is 4.33. The molecule has 0 radical (unpaired) electrons. The van der Waals surface area contributed by atoms with Gasteiger partial charge in [0.05, 0.1) is 15.6 Å². The Morgan fingerprint density at radius 1 is 1.00 bits per heavy atom. The molecule has 0 bridgehead atoms. The maximum absolute atomic E-state index is 12.3. The van der Waals surface area contributed by atoms with Gasteiger partial charge in [0, 0.05) is 5.56 Å². The second-order valence-corrected chi connectivity index (χ2v) is 5.62. The van der Waals surface area contributed by atoms with Gasteiger partial charge in [-0.1, -0.05) is 29.3 Å². The Hall–Kier alpha value is -1.25. The summed E-state index contributed by atoms with van der Waals surface area (Å²) in [4.78, 5) is 21.2. The van der Waals surface area contributed by atoms with Gasteiger partial charge in [-0.15, -0.1) is 0 Å². The van der Waals surface area contributed by atoms with Gasteiger partial charge in [0.15, 0.2) is 5.78 Å². The molecule has 0 aliphatic carbocycles. The average Bonchev–Trinajstić information content (AvgIpc) is 2.38. The number of hydrogen-bond donors (Lipinski definition) is 1. The molecule has 1 unspecified atom stereocenters. The zero-order valence-electron chi connectivity index (χ0n) is 9.51. The minimum atomic E-state index is -2.41. The van der Waals surface area contributed by atoms with E-state index in [1.54, 1.807) is 18.2 Å². The van der Waals surface area contributed by atoms with Gasteiger partial charge >= 0.3 is 8.03 Å². The summed E-state index contributed by atoms with van der Waals surface area (Å²) < 4.78 is 10.9. The number of carbonyl (C=O) groups excluding carboxylic acids is 1. The van der Waals surface area contributed by atoms with E-state index in [0.29, 0.717) is 5.56 Å². The molecular weight excluding hydrogens is 306 g/mol. The van der Waals surface area contributed by atoms with Crippen LogP contribution in [0.15, 0.2) is 42.5 Å². The first-order valence-corrected chi connectivity index (χ1v) is 7.22. The summed E-state index contributed by atoms with van der Waals surface area (Å²) in [6.07, 6.45) is 0. The second-order valence-electron chi connectivity index (χ2n) is 3.75. The largest absolute Gasteiger partial charge is 0.546 e. The summed E-state index contributed by atoms with van der Waals surface area (Å²) >= 11 is 11.9. The van der Waals surface area contributed by atoms with Crippen LogP contribution >= 0.6 is 31.2 Å². The molecule has 6 heteroatoms. The van der Waals surface area contributed by atoms with E-state index in [1.807, 2.05) is 0 Å². The van der Waals surface area contributed by atoms with Crippen LogP contribution in [0.3, 0.4) is 0 Å². The van der Waals surface area contributed by atoms with Gasteiger partial charge in [0.25, 0.3) is 0 Å². The van der Waals surface area contributed by atoms with Crippen LogP contribution in [0.25, 0.3) is 0 Å². The number of hydrogen-bond acceptors (Lipinski definition) is 2. The van der Waals surface area contributed by atoms with Crippen LogP contribution in [0.5, 0.6) is 0 Å². The van der Waals surface area contributed by atoms with E-state index in [4.69, 9.17) is 28.1 Å². The van der Waals surface area contributed by atoms with E-state index in [2.05, 4.69) is 0 Å². The fourth-order valence-corrected chi connectivity index (χ4v) is 2.57. The number of ketones is 1. The lowest BCUT2D eigenvalue weighted by atomic mass is 10.0. The van der Waals surface area contributed by atoms with Crippen LogP contribution in [-0.4, -0.2) is 10.7 Å². The molecule has 0 saturated carbocycles. The van der Waals surface area contributed by atoms with E-state index >= 15 is 0 Å². The lowest BCUT2D eigenvalue weighted by molar-refractivity contribution is 0.103. The van der Waals surface area contributed by atoms with E-state index in [9.17, 15) is 9.36 Å². The van der Waals surface area contributed by atoms with Gasteiger partial charge in [-0.05, 0) is 41.0 Å². The van der Waals surface area contributed by atoms with Gasteiger partial charge in [0.2, 0.25) is 5.30 Å². The maximum Gasteiger partial charge on any atom is 0.546 e. The first kappa shape index (κ1) is 14.2. The van der Waals surface area contributed by atoms with E-state index < -0.39 is 8.03 Å². The van der Waals surface area contributed by atoms with Gasteiger partial charge in [0.1, 0.15) is 0 Å². The van der Waals surface area contributed by atoms with Crippen molar-refractivity contribution in [3.05, 3.63) is 63.6 Å². The lowest BCUT2D eigenvalue weighted by Gasteiger charge is -2.05. The smallest absolute Gasteiger partial charge is 0.288 e. The molecule has 2 aromatic carbocycles. The molecule has 0 saturated heterocycles. The third-order valence-electron chi connectivity index (χ3n) is 2.54. The molecule has 2 rings (SSSR count). The molecule has 0 aliphatic heterocycles. The Labute approximate surface area is 120 Å². The summed E-state index contributed by atoms with van der Waals surface area (Å²) in [5, 5.41) is 0.807. The molecule has 0 heterocycles. The van der Waals surface area contributed by atoms with Crippen LogP contribution in [0.1, 0.15) is 15.9 Å². The van der Waals surface area contributed by atoms with E-state index in [-0.39, 0.29) is 26.7 Å². The first-order chi connectivity index (χ1) is 9.00. The highest BCUT2D eigenvalue weighted by Gasteiger charge is 2.19. The zero-order valence-corrected chi connectivity index (χ0v) is 11.9. The van der Waals surface area contributed by atoms with Gasteiger partial charge < -0.3 is 0 Å². The quantitative estimate of drug-likeness (QED) is 0.696. The van der Waals surface area contributed by atoms with Crippen molar-refractivity contribution in [1.82, 2.24) is 0 Å². The van der Waals surface area contributed by atoms with Crippen LogP contribution in [0, 0.1) is 0 Å². The summed E-state index contributed by atoms with van der Waals surface area (Å²) in [7, 11) is -2.41. The van der Waals surface area contributed by atoms with E-state index in [0.717, 1.165) is 0 Å². The van der Waals surface area contributed by atoms with Crippen molar-refractivity contribution in [2.24, 2.45) is 0 Å². The maximum atomic E-state index is 12.3. The fourth-order valence-electron chi connectivity index (χ4n) is 1.60. The number of halogens is 2. The van der Waals surface area contributed by atoms with Crippen LogP contribution in [0.2, 0.25) is 10.0 Å². The SMILES string of the molecule is O=C(c1ccc([P+](=O)O)cc1)c1c(Cl)cccc1Cl. The Morgan fingerprint density at radius 2 is 1.53 bits per heavy atom. The summed E-state index contributed by atoms with van der Waals surface area (Å²) in [5.74, 6) is -0.324. The van der Waals surface area contributed by atoms with Crippen molar-refractivity contribution in [3.8, 4) is 0 Å². The minimum absolute atomic E-state index is 0.229. The lowest BCUT2D eigenvalue weighted by Crippen LogP contribution is -2.05. The van der Waals surface area contributed by atoms with Crippen molar-refractivity contribution >= 4 is 42.3 Å². The van der Waals surface area contributed by atoms with Crippen molar-refractivity contribution in [1.29, 1.82) is 0 Å². The summed E-state index contributed by atoms with van der Waals surface area (Å²) in [5.41, 5.74) is 0.586. The number of benzene rings is 2. The fraction of sp³-hybridized carbons (Fsp3) is 0. The highest BCUT2D eigenvalue weighted by atomic mass is 35.5. The van der Waals surface area contributed by atoms with Crippen LogP contribution in [-0.2, 0) is 4.57 Å². The standard InChI is InChI=1S/C13H7Cl2O3P/c14-10-2-1-3-11(15)12(10)13(16)8-4-6-9(7-5-8)19(17)18/h1-7H/p+1. The molecule has 0 fully saturated rings. The molecule has 0 spiro atoms. The third-order valence-corrected chi connectivity index (χ3v) is 3.91.